The fourth-order valence-electron chi connectivity index (χ4n) is 6.66. The van der Waals surface area contributed by atoms with E-state index in [1.54, 1.807) is 0 Å². The number of rotatable bonds is 19. The zero-order chi connectivity index (χ0) is 36.3. The van der Waals surface area contributed by atoms with Crippen molar-refractivity contribution in [3.8, 4) is 0 Å². The predicted molar refractivity (Wildman–Crippen MR) is 190 cm³/mol. The number of nitrogens with zero attached hydrogens (tertiary/aromatic N) is 1. The summed E-state index contributed by atoms with van der Waals surface area (Å²) < 4.78 is 20.6. The summed E-state index contributed by atoms with van der Waals surface area (Å²) in [5.74, 6) is -1.15. The van der Waals surface area contributed by atoms with Crippen molar-refractivity contribution in [3.05, 3.63) is 57.4 Å². The Balaban J connectivity index is 1.92. The van der Waals surface area contributed by atoms with Gasteiger partial charge in [0.1, 0.15) is 18.0 Å². The van der Waals surface area contributed by atoms with Crippen LogP contribution in [0.1, 0.15) is 93.2 Å². The van der Waals surface area contributed by atoms with Crippen molar-refractivity contribution in [3.63, 3.8) is 0 Å². The van der Waals surface area contributed by atoms with Gasteiger partial charge in [0.2, 0.25) is 14.2 Å². The van der Waals surface area contributed by atoms with Crippen molar-refractivity contribution < 1.29 is 33.4 Å². The molecule has 0 saturated carbocycles. The molecule has 1 fully saturated rings. The van der Waals surface area contributed by atoms with Crippen molar-refractivity contribution in [1.82, 2.24) is 14.9 Å². The molecule has 1 saturated heterocycles. The van der Waals surface area contributed by atoms with Crippen LogP contribution in [0.4, 0.5) is 0 Å². The normalized spacial score (nSPS) is 19.5. The fraction of sp³-hybridized carbons (Fsp3) is 0.629. The monoisotopic (exact) mass is 719 g/mol. The van der Waals surface area contributed by atoms with E-state index in [4.69, 9.17) is 13.9 Å². The van der Waals surface area contributed by atoms with Crippen LogP contribution in [0.15, 0.2) is 55.9 Å². The van der Waals surface area contributed by atoms with Crippen LogP contribution in [0.2, 0.25) is 16.6 Å². The summed E-state index contributed by atoms with van der Waals surface area (Å²) in [4.78, 5) is 67.5. The quantitative estimate of drug-likeness (QED) is 0.101. The Labute approximate surface area is 293 Å². The first-order valence-corrected chi connectivity index (χ1v) is 20.2. The van der Waals surface area contributed by atoms with Crippen LogP contribution in [-0.2, 0) is 28.3 Å². The van der Waals surface area contributed by atoms with Gasteiger partial charge >= 0.3 is 11.7 Å². The minimum atomic E-state index is -2.71. The zero-order valence-electron chi connectivity index (χ0n) is 29.7. The number of aromatic nitrogens is 2. The van der Waals surface area contributed by atoms with E-state index in [1.807, 2.05) is 37.3 Å². The molecule has 12 nitrogen and oxygen atoms in total. The van der Waals surface area contributed by atoms with Gasteiger partial charge in [0.05, 0.1) is 17.9 Å². The summed E-state index contributed by atoms with van der Waals surface area (Å²) in [6, 6.07) is 9.23. The summed E-state index contributed by atoms with van der Waals surface area (Å²) in [5.41, 5.74) is -0.951. The van der Waals surface area contributed by atoms with E-state index >= 15 is 0 Å². The highest BCUT2D eigenvalue weighted by molar-refractivity contribution is 7.99. The average molecular weight is 720 g/mol. The van der Waals surface area contributed by atoms with Gasteiger partial charge in [-0.1, -0.05) is 84.8 Å². The van der Waals surface area contributed by atoms with Gasteiger partial charge in [-0.2, -0.15) is 0 Å². The second kappa shape index (κ2) is 18.8. The highest BCUT2D eigenvalue weighted by atomic mass is 32.2. The zero-order valence-corrected chi connectivity index (χ0v) is 31.5. The standard InChI is InChI=1S/C35H53N3O9SSi/c1-8-9-19-36-29(41)17-15-25(40)16-18-30(42)46-31-27(21-39)45-34(32(31)47-49(22(2)3,23(4)5)24(6)7)38-20-28(33(43)37-35(38)44)48-26-13-11-10-12-14-26/h10-14,20,22-24,27,31-32,34,39H,8-9,15-19,21H2,1-7H3,(H,36,41)(H,37,43,44)/t27-,31+,32?,34-/m1/s1. The molecule has 1 aliphatic heterocycles. The number of ketones is 1. The van der Waals surface area contributed by atoms with Crippen LogP contribution in [0, 0.1) is 0 Å². The van der Waals surface area contributed by atoms with Crippen LogP contribution < -0.4 is 16.6 Å². The van der Waals surface area contributed by atoms with E-state index in [-0.39, 0.29) is 58.9 Å². The van der Waals surface area contributed by atoms with Crippen molar-refractivity contribution in [2.24, 2.45) is 0 Å². The third-order valence-electron chi connectivity index (χ3n) is 9.05. The number of H-pyrrole nitrogens is 1. The van der Waals surface area contributed by atoms with Crippen LogP contribution in [0.3, 0.4) is 0 Å². The smallest absolute Gasteiger partial charge is 0.330 e. The van der Waals surface area contributed by atoms with Crippen LogP contribution in [0.5, 0.6) is 0 Å². The number of hydrogen-bond acceptors (Lipinski definition) is 10. The molecule has 1 aromatic carbocycles. The Morgan fingerprint density at radius 2 is 1.61 bits per heavy atom. The summed E-state index contributed by atoms with van der Waals surface area (Å²) in [6.45, 7) is 14.6. The molecule has 14 heteroatoms. The van der Waals surface area contributed by atoms with E-state index in [1.165, 1.54) is 22.5 Å². The van der Waals surface area contributed by atoms with E-state index in [2.05, 4.69) is 51.8 Å². The molecule has 49 heavy (non-hydrogen) atoms. The predicted octanol–water partition coefficient (Wildman–Crippen LogP) is 5.10. The molecule has 4 atom stereocenters. The Morgan fingerprint density at radius 3 is 2.20 bits per heavy atom. The van der Waals surface area contributed by atoms with Gasteiger partial charge in [-0.05, 0) is 35.2 Å². The summed E-state index contributed by atoms with van der Waals surface area (Å²) in [7, 11) is -2.71. The lowest BCUT2D eigenvalue weighted by Crippen LogP contribution is -2.54. The lowest BCUT2D eigenvalue weighted by Gasteiger charge is -2.45. The average Bonchev–Trinajstić information content (AvgIpc) is 3.38. The molecule has 2 aromatic rings. The fourth-order valence-corrected chi connectivity index (χ4v) is 13.1. The summed E-state index contributed by atoms with van der Waals surface area (Å²) in [5, 5.41) is 13.2. The van der Waals surface area contributed by atoms with E-state index in [0.717, 1.165) is 17.7 Å². The Hall–Kier alpha value is -3.04. The number of carbonyl (C=O) groups is 3. The van der Waals surface area contributed by atoms with Gasteiger partial charge in [0, 0.05) is 36.9 Å². The SMILES string of the molecule is CCCCNC(=O)CCC(=O)CCC(=O)O[C@@H]1C(O[Si](C(C)C)(C(C)C)C(C)C)[C@H](n2cc(Sc3ccccc3)c(=O)[nH]c2=O)O[C@@H]1CO. The Kier molecular flexibility index (Phi) is 15.5. The second-order valence-corrected chi connectivity index (χ2v) is 19.9. The van der Waals surface area contributed by atoms with Crippen LogP contribution in [0.25, 0.3) is 0 Å². The van der Waals surface area contributed by atoms with Crippen LogP contribution >= 0.6 is 11.8 Å². The number of ether oxygens (including phenoxy) is 2. The third kappa shape index (κ3) is 10.5. The Morgan fingerprint density at radius 1 is 0.980 bits per heavy atom. The number of aliphatic hydroxyl groups excluding tert-OH is 1. The second-order valence-electron chi connectivity index (χ2n) is 13.4. The molecule has 2 heterocycles. The molecule has 1 aliphatic rings. The number of aromatic amines is 1. The minimum absolute atomic E-state index is 0.00852. The van der Waals surface area contributed by atoms with Gasteiger partial charge in [-0.25, -0.2) is 4.79 Å². The molecule has 0 radical (unpaired) electrons. The number of aliphatic hydroxyl groups is 1. The first-order valence-electron chi connectivity index (χ1n) is 17.2. The summed E-state index contributed by atoms with van der Waals surface area (Å²) >= 11 is 1.18. The topological polar surface area (TPSA) is 166 Å². The number of carbonyl (C=O) groups excluding carboxylic acids is 3. The van der Waals surface area contributed by atoms with Gasteiger partial charge in [0.25, 0.3) is 5.56 Å². The highest BCUT2D eigenvalue weighted by Crippen LogP contribution is 2.46. The number of hydrogen-bond donors (Lipinski definition) is 3. The van der Waals surface area contributed by atoms with Crippen LogP contribution in [-0.4, -0.2) is 72.1 Å². The molecular weight excluding hydrogens is 667 g/mol. The third-order valence-corrected chi connectivity index (χ3v) is 16.2. The van der Waals surface area contributed by atoms with Crippen molar-refractivity contribution in [2.45, 2.75) is 138 Å². The molecule has 0 spiro atoms. The molecule has 3 rings (SSSR count). The molecule has 272 valence electrons. The van der Waals surface area contributed by atoms with E-state index in [9.17, 15) is 29.1 Å². The summed E-state index contributed by atoms with van der Waals surface area (Å²) in [6.07, 6.45) is -1.41. The number of amides is 1. The number of benzene rings is 1. The van der Waals surface area contributed by atoms with Gasteiger partial charge in [-0.15, -0.1) is 0 Å². The van der Waals surface area contributed by atoms with Crippen molar-refractivity contribution >= 4 is 37.7 Å². The van der Waals surface area contributed by atoms with Gasteiger partial charge in [0.15, 0.2) is 12.3 Å². The van der Waals surface area contributed by atoms with Gasteiger partial charge < -0.3 is 24.3 Å². The number of nitrogens with one attached hydrogen (secondary N) is 2. The number of unbranched alkanes of at least 4 members (excludes halogenated alkanes) is 1. The Bertz CT molecular complexity index is 1490. The maximum absolute atomic E-state index is 13.4. The first kappa shape index (κ1) is 40.4. The molecule has 0 aliphatic carbocycles. The minimum Gasteiger partial charge on any atom is -0.457 e. The maximum Gasteiger partial charge on any atom is 0.330 e. The van der Waals surface area contributed by atoms with Crippen molar-refractivity contribution in [1.29, 1.82) is 0 Å². The van der Waals surface area contributed by atoms with Gasteiger partial charge in [-0.3, -0.25) is 28.7 Å². The largest absolute Gasteiger partial charge is 0.457 e. The molecule has 3 N–H and O–H groups in total. The lowest BCUT2D eigenvalue weighted by molar-refractivity contribution is -0.157. The first-order chi connectivity index (χ1) is 23.2. The molecule has 1 amide bonds. The maximum atomic E-state index is 13.4. The number of Topliss-reactive ketones (excluding diaryl/α,β-unsaturated/α-hetero) is 1. The van der Waals surface area contributed by atoms with E-state index in [0.29, 0.717) is 6.54 Å². The van der Waals surface area contributed by atoms with Crippen molar-refractivity contribution in [2.75, 3.05) is 13.2 Å². The highest BCUT2D eigenvalue weighted by Gasteiger charge is 2.55. The number of esters is 1. The molecule has 1 aromatic heterocycles. The lowest BCUT2D eigenvalue weighted by atomic mass is 10.1. The molecule has 1 unspecified atom stereocenters. The van der Waals surface area contributed by atoms with E-state index < -0.39 is 56.7 Å². The molecular formula is C35H53N3O9SSi. The molecule has 0 bridgehead atoms.